The number of benzene rings is 4. The Morgan fingerprint density at radius 1 is 0.800 bits per heavy atom. The predicted octanol–water partition coefficient (Wildman–Crippen LogP) is 6.54. The number of phenols is 1. The molecular weight excluding hydrogens is 440 g/mol. The molecule has 5 rings (SSSR count). The van der Waals surface area contributed by atoms with Crippen LogP contribution in [0.2, 0.25) is 0 Å². The van der Waals surface area contributed by atoms with Crippen LogP contribution in [-0.2, 0) is 19.6 Å². The first kappa shape index (κ1) is 22.3. The summed E-state index contributed by atoms with van der Waals surface area (Å²) in [6, 6.07) is 26.1. The van der Waals surface area contributed by atoms with Gasteiger partial charge in [0.15, 0.2) is 11.3 Å². The fourth-order valence-corrected chi connectivity index (χ4v) is 4.08. The molecule has 4 aromatic carbocycles. The Balaban J connectivity index is 1.63. The third kappa shape index (κ3) is 4.49. The summed E-state index contributed by atoms with van der Waals surface area (Å²) in [5.74, 6) is 0.691. The standard InChI is InChI=1S/C30H24O5/c1-2-10-22-26(34-19-21-13-7-4-8-14-21)17-24(31)27-28(32)23-15-9-16-25(29(23)35-30(22)27)33-18-20-11-5-3-6-12-20/h2-9,11-17,31H,1,10,18-19H2. The van der Waals surface area contributed by atoms with Crippen LogP contribution in [0.1, 0.15) is 16.7 Å². The Labute approximate surface area is 202 Å². The number of allylic oxidation sites excluding steroid dienone is 1. The summed E-state index contributed by atoms with van der Waals surface area (Å²) in [4.78, 5) is 13.4. The smallest absolute Gasteiger partial charge is 0.204 e. The van der Waals surface area contributed by atoms with Gasteiger partial charge >= 0.3 is 0 Å². The Kier molecular flexibility index (Phi) is 6.22. The van der Waals surface area contributed by atoms with Crippen LogP contribution in [-0.4, -0.2) is 5.11 Å². The fraction of sp³-hybridized carbons (Fsp3) is 0.100. The highest BCUT2D eigenvalue weighted by molar-refractivity contribution is 5.97. The van der Waals surface area contributed by atoms with E-state index in [0.717, 1.165) is 11.1 Å². The molecule has 0 aliphatic carbocycles. The summed E-state index contributed by atoms with van der Waals surface area (Å²) in [5.41, 5.74) is 2.87. The average Bonchev–Trinajstić information content (AvgIpc) is 2.89. The van der Waals surface area contributed by atoms with E-state index in [1.54, 1.807) is 24.3 Å². The number of fused-ring (bicyclic) bond motifs is 2. The van der Waals surface area contributed by atoms with Gasteiger partial charge in [0.2, 0.25) is 5.43 Å². The van der Waals surface area contributed by atoms with E-state index in [1.807, 2.05) is 60.7 Å². The van der Waals surface area contributed by atoms with Gasteiger partial charge in [-0.2, -0.15) is 0 Å². The maximum Gasteiger partial charge on any atom is 0.204 e. The highest BCUT2D eigenvalue weighted by Crippen LogP contribution is 2.38. The molecule has 0 fully saturated rings. The van der Waals surface area contributed by atoms with Gasteiger partial charge in [0.25, 0.3) is 0 Å². The van der Waals surface area contributed by atoms with Crippen LogP contribution in [0.25, 0.3) is 21.9 Å². The summed E-state index contributed by atoms with van der Waals surface area (Å²) in [6.45, 7) is 4.48. The van der Waals surface area contributed by atoms with Crippen LogP contribution in [0.5, 0.6) is 17.2 Å². The van der Waals surface area contributed by atoms with E-state index in [2.05, 4.69) is 6.58 Å². The van der Waals surface area contributed by atoms with E-state index < -0.39 is 0 Å². The Bertz CT molecular complexity index is 1550. The quantitative estimate of drug-likeness (QED) is 0.209. The molecule has 0 unspecified atom stereocenters. The average molecular weight is 465 g/mol. The minimum Gasteiger partial charge on any atom is -0.507 e. The monoisotopic (exact) mass is 464 g/mol. The highest BCUT2D eigenvalue weighted by Gasteiger charge is 2.21. The maximum atomic E-state index is 13.4. The topological polar surface area (TPSA) is 68.9 Å². The molecule has 35 heavy (non-hydrogen) atoms. The molecule has 0 saturated carbocycles. The zero-order chi connectivity index (χ0) is 24.2. The van der Waals surface area contributed by atoms with E-state index >= 15 is 0 Å². The van der Waals surface area contributed by atoms with E-state index in [1.165, 1.54) is 6.07 Å². The zero-order valence-electron chi connectivity index (χ0n) is 19.1. The van der Waals surface area contributed by atoms with Crippen molar-refractivity contribution in [3.63, 3.8) is 0 Å². The second-order valence-electron chi connectivity index (χ2n) is 8.18. The lowest BCUT2D eigenvalue weighted by atomic mass is 10.0. The van der Waals surface area contributed by atoms with Crippen molar-refractivity contribution in [1.82, 2.24) is 0 Å². The van der Waals surface area contributed by atoms with Crippen LogP contribution < -0.4 is 14.9 Å². The molecule has 0 radical (unpaired) electrons. The van der Waals surface area contributed by atoms with Gasteiger partial charge in [-0.3, -0.25) is 4.79 Å². The first-order chi connectivity index (χ1) is 17.2. The van der Waals surface area contributed by atoms with Crippen molar-refractivity contribution in [3.05, 3.63) is 124 Å². The molecule has 0 spiro atoms. The summed E-state index contributed by atoms with van der Waals surface area (Å²) in [6.07, 6.45) is 2.10. The van der Waals surface area contributed by atoms with Gasteiger partial charge < -0.3 is 19.0 Å². The lowest BCUT2D eigenvalue weighted by Crippen LogP contribution is -2.07. The van der Waals surface area contributed by atoms with Crippen LogP contribution in [0.4, 0.5) is 0 Å². The van der Waals surface area contributed by atoms with E-state index in [-0.39, 0.29) is 22.1 Å². The number of ether oxygens (including phenoxy) is 2. The van der Waals surface area contributed by atoms with Crippen molar-refractivity contribution in [1.29, 1.82) is 0 Å². The molecule has 0 aliphatic rings. The van der Waals surface area contributed by atoms with Crippen molar-refractivity contribution in [2.45, 2.75) is 19.6 Å². The summed E-state index contributed by atoms with van der Waals surface area (Å²) >= 11 is 0. The van der Waals surface area contributed by atoms with Crippen LogP contribution >= 0.6 is 0 Å². The lowest BCUT2D eigenvalue weighted by Gasteiger charge is -2.15. The van der Waals surface area contributed by atoms with Crippen molar-refractivity contribution in [3.8, 4) is 17.2 Å². The van der Waals surface area contributed by atoms with Crippen molar-refractivity contribution >= 4 is 21.9 Å². The number of rotatable bonds is 8. The number of phenolic OH excluding ortho intramolecular Hbond substituents is 1. The van der Waals surface area contributed by atoms with Gasteiger partial charge in [-0.05, 0) is 29.7 Å². The largest absolute Gasteiger partial charge is 0.507 e. The molecule has 5 aromatic rings. The Hall–Kier alpha value is -4.51. The van der Waals surface area contributed by atoms with Crippen LogP contribution in [0, 0.1) is 0 Å². The second kappa shape index (κ2) is 9.77. The summed E-state index contributed by atoms with van der Waals surface area (Å²) in [7, 11) is 0. The highest BCUT2D eigenvalue weighted by atomic mass is 16.5. The Morgan fingerprint density at radius 3 is 2.06 bits per heavy atom. The molecular formula is C30H24O5. The van der Waals surface area contributed by atoms with Gasteiger partial charge in [0.05, 0.1) is 5.39 Å². The SMILES string of the molecule is C=CCc1c(OCc2ccccc2)cc(O)c2c(=O)c3cccc(OCc4ccccc4)c3oc12. The first-order valence-electron chi connectivity index (χ1n) is 11.3. The second-order valence-corrected chi connectivity index (χ2v) is 8.18. The third-order valence-electron chi connectivity index (χ3n) is 5.80. The summed E-state index contributed by atoms with van der Waals surface area (Å²) in [5, 5.41) is 11.3. The van der Waals surface area contributed by atoms with E-state index in [0.29, 0.717) is 47.7 Å². The van der Waals surface area contributed by atoms with E-state index in [9.17, 15) is 9.90 Å². The van der Waals surface area contributed by atoms with Gasteiger partial charge in [0, 0.05) is 11.6 Å². The molecule has 0 aliphatic heterocycles. The number of hydrogen-bond acceptors (Lipinski definition) is 5. The third-order valence-corrected chi connectivity index (χ3v) is 5.80. The minimum atomic E-state index is -0.330. The maximum absolute atomic E-state index is 13.4. The molecule has 174 valence electrons. The molecule has 0 amide bonds. The van der Waals surface area contributed by atoms with Crippen molar-refractivity contribution in [2.75, 3.05) is 0 Å². The molecule has 1 heterocycles. The molecule has 5 nitrogen and oxygen atoms in total. The fourth-order valence-electron chi connectivity index (χ4n) is 4.08. The van der Waals surface area contributed by atoms with Crippen LogP contribution in [0.15, 0.2) is 107 Å². The Morgan fingerprint density at radius 2 is 1.43 bits per heavy atom. The van der Waals surface area contributed by atoms with E-state index in [4.69, 9.17) is 13.9 Å². The van der Waals surface area contributed by atoms with Gasteiger partial charge in [0.1, 0.15) is 35.7 Å². The molecule has 0 atom stereocenters. The lowest BCUT2D eigenvalue weighted by molar-refractivity contribution is 0.301. The number of hydrogen-bond donors (Lipinski definition) is 1. The zero-order valence-corrected chi connectivity index (χ0v) is 19.1. The number of aromatic hydroxyl groups is 1. The predicted molar refractivity (Wildman–Crippen MR) is 137 cm³/mol. The number of para-hydroxylation sites is 1. The minimum absolute atomic E-state index is 0.113. The molecule has 5 heteroatoms. The molecule has 1 aromatic heterocycles. The van der Waals surface area contributed by atoms with Crippen LogP contribution in [0.3, 0.4) is 0 Å². The summed E-state index contributed by atoms with van der Waals surface area (Å²) < 4.78 is 18.4. The first-order valence-corrected chi connectivity index (χ1v) is 11.3. The normalized spacial score (nSPS) is 11.0. The van der Waals surface area contributed by atoms with Gasteiger partial charge in [-0.25, -0.2) is 0 Å². The van der Waals surface area contributed by atoms with Crippen molar-refractivity contribution < 1.29 is 19.0 Å². The molecule has 1 N–H and O–H groups in total. The van der Waals surface area contributed by atoms with Gasteiger partial charge in [-0.1, -0.05) is 72.8 Å². The molecule has 0 saturated heterocycles. The van der Waals surface area contributed by atoms with Gasteiger partial charge in [-0.15, -0.1) is 6.58 Å². The van der Waals surface area contributed by atoms with Crippen molar-refractivity contribution in [2.24, 2.45) is 0 Å². The molecule has 0 bridgehead atoms.